The fourth-order valence-corrected chi connectivity index (χ4v) is 1.01. The van der Waals surface area contributed by atoms with Gasteiger partial charge in [-0.2, -0.15) is 0 Å². The summed E-state index contributed by atoms with van der Waals surface area (Å²) in [7, 11) is 0. The van der Waals surface area contributed by atoms with Crippen LogP contribution in [0.15, 0.2) is 0 Å². The highest BCUT2D eigenvalue weighted by molar-refractivity contribution is 5.92. The summed E-state index contributed by atoms with van der Waals surface area (Å²) in [5.74, 6) is -1.07. The molecule has 6 heteroatoms. The monoisotopic (exact) mass is 187 g/mol. The smallest absolute Gasteiger partial charge is 0.419 e. The minimum atomic E-state index is -0.914. The Labute approximate surface area is 74.4 Å². The van der Waals surface area contributed by atoms with Crippen LogP contribution in [0.1, 0.15) is 13.8 Å². The number of hydrogen-bond donors (Lipinski definition) is 0. The van der Waals surface area contributed by atoms with E-state index in [0.29, 0.717) is 0 Å². The maximum absolute atomic E-state index is 10.9. The zero-order valence-corrected chi connectivity index (χ0v) is 7.27. The van der Waals surface area contributed by atoms with Gasteiger partial charge in [-0.3, -0.25) is 9.59 Å². The van der Waals surface area contributed by atoms with Crippen LogP contribution in [0.5, 0.6) is 0 Å². The topological polar surface area (TPSA) is 72.9 Å². The van der Waals surface area contributed by atoms with E-state index in [0.717, 1.165) is 4.90 Å². The fourth-order valence-electron chi connectivity index (χ4n) is 1.01. The minimum Gasteiger partial charge on any atom is -0.443 e. The van der Waals surface area contributed by atoms with Crippen molar-refractivity contribution < 1.29 is 23.9 Å². The fraction of sp³-hybridized carbons (Fsp3) is 0.571. The summed E-state index contributed by atoms with van der Waals surface area (Å²) in [6, 6.07) is 0. The molecular formula is C7H9NO5. The minimum absolute atomic E-state index is 0.0992. The molecule has 0 bridgehead atoms. The largest absolute Gasteiger partial charge is 0.443 e. The first-order chi connectivity index (χ1) is 6.02. The maximum atomic E-state index is 10.9. The number of carbonyl (C=O) groups excluding carboxylic acids is 3. The van der Waals surface area contributed by atoms with E-state index in [1.807, 2.05) is 0 Å². The Morgan fingerprint density at radius 1 is 1.54 bits per heavy atom. The molecule has 13 heavy (non-hydrogen) atoms. The highest BCUT2D eigenvalue weighted by Gasteiger charge is 2.38. The summed E-state index contributed by atoms with van der Waals surface area (Å²) < 4.78 is 9.21. The van der Waals surface area contributed by atoms with Gasteiger partial charge in [0, 0.05) is 13.8 Å². The third-order valence-corrected chi connectivity index (χ3v) is 1.48. The van der Waals surface area contributed by atoms with Gasteiger partial charge in [0.15, 0.2) is 0 Å². The van der Waals surface area contributed by atoms with Crippen LogP contribution in [0.4, 0.5) is 4.79 Å². The van der Waals surface area contributed by atoms with Crippen LogP contribution in [0.2, 0.25) is 0 Å². The number of rotatable bonds is 1. The van der Waals surface area contributed by atoms with Gasteiger partial charge in [0.05, 0.1) is 0 Å². The summed E-state index contributed by atoms with van der Waals surface area (Å²) in [6.07, 6.45) is -1.69. The lowest BCUT2D eigenvalue weighted by Gasteiger charge is -2.16. The molecule has 1 unspecified atom stereocenters. The molecule has 1 aliphatic heterocycles. The number of amides is 2. The summed E-state index contributed by atoms with van der Waals surface area (Å²) >= 11 is 0. The van der Waals surface area contributed by atoms with Gasteiger partial charge in [-0.1, -0.05) is 0 Å². The molecule has 1 rings (SSSR count). The number of nitrogens with zero attached hydrogens (tertiary/aromatic N) is 1. The molecule has 1 fully saturated rings. The predicted octanol–water partition coefficient (Wildman–Crippen LogP) is -0.126. The molecule has 0 aromatic rings. The first kappa shape index (κ1) is 9.50. The molecule has 0 radical (unpaired) electrons. The maximum Gasteiger partial charge on any atom is 0.419 e. The molecule has 0 aliphatic carbocycles. The summed E-state index contributed by atoms with van der Waals surface area (Å²) in [5, 5.41) is 0. The molecule has 1 aliphatic rings. The normalized spacial score (nSPS) is 21.2. The summed E-state index contributed by atoms with van der Waals surface area (Å²) in [4.78, 5) is 33.1. The first-order valence-corrected chi connectivity index (χ1v) is 3.66. The van der Waals surface area contributed by atoms with Crippen molar-refractivity contribution >= 4 is 18.0 Å². The lowest BCUT2D eigenvalue weighted by Crippen LogP contribution is -2.39. The van der Waals surface area contributed by atoms with Crippen LogP contribution < -0.4 is 0 Å². The second-order valence-electron chi connectivity index (χ2n) is 2.53. The van der Waals surface area contributed by atoms with Gasteiger partial charge >= 0.3 is 12.1 Å². The molecule has 1 saturated heterocycles. The van der Waals surface area contributed by atoms with Gasteiger partial charge in [-0.25, -0.2) is 9.69 Å². The Bertz CT molecular complexity index is 262. The third-order valence-electron chi connectivity index (χ3n) is 1.48. The first-order valence-electron chi connectivity index (χ1n) is 3.66. The van der Waals surface area contributed by atoms with E-state index >= 15 is 0 Å². The number of imide groups is 1. The molecule has 0 aromatic carbocycles. The van der Waals surface area contributed by atoms with E-state index in [4.69, 9.17) is 0 Å². The van der Waals surface area contributed by atoms with Gasteiger partial charge < -0.3 is 9.47 Å². The van der Waals surface area contributed by atoms with Crippen molar-refractivity contribution in [1.29, 1.82) is 0 Å². The number of hydrogen-bond acceptors (Lipinski definition) is 5. The van der Waals surface area contributed by atoms with Crippen molar-refractivity contribution in [2.24, 2.45) is 0 Å². The Hall–Kier alpha value is -1.59. The van der Waals surface area contributed by atoms with Crippen LogP contribution >= 0.6 is 0 Å². The molecule has 0 N–H and O–H groups in total. The van der Waals surface area contributed by atoms with Crippen molar-refractivity contribution in [3.05, 3.63) is 0 Å². The Balaban J connectivity index is 2.69. The number of esters is 1. The molecule has 1 heterocycles. The van der Waals surface area contributed by atoms with Gasteiger partial charge in [-0.15, -0.1) is 0 Å². The summed E-state index contributed by atoms with van der Waals surface area (Å²) in [6.45, 7) is 2.29. The quantitative estimate of drug-likeness (QED) is 0.535. The van der Waals surface area contributed by atoms with Crippen molar-refractivity contribution in [2.75, 3.05) is 6.61 Å². The van der Waals surface area contributed by atoms with Gasteiger partial charge in [-0.05, 0) is 0 Å². The average Bonchev–Trinajstić information content (AvgIpc) is 2.30. The molecule has 72 valence electrons. The second kappa shape index (κ2) is 3.42. The van der Waals surface area contributed by atoms with E-state index in [2.05, 4.69) is 9.47 Å². The van der Waals surface area contributed by atoms with E-state index in [1.54, 1.807) is 0 Å². The second-order valence-corrected chi connectivity index (χ2v) is 2.53. The van der Waals surface area contributed by atoms with Crippen molar-refractivity contribution in [3.8, 4) is 0 Å². The van der Waals surface area contributed by atoms with Crippen LogP contribution in [0, 0.1) is 0 Å². The molecule has 2 amide bonds. The molecule has 1 atom stereocenters. The highest BCUT2D eigenvalue weighted by atomic mass is 16.6. The van der Waals surface area contributed by atoms with E-state index < -0.39 is 24.2 Å². The van der Waals surface area contributed by atoms with Crippen LogP contribution in [-0.2, 0) is 19.1 Å². The number of ether oxygens (including phenoxy) is 2. The lowest BCUT2D eigenvalue weighted by atomic mass is 10.5. The zero-order valence-electron chi connectivity index (χ0n) is 7.27. The molecule has 0 aromatic heterocycles. The van der Waals surface area contributed by atoms with Gasteiger partial charge in [0.2, 0.25) is 12.1 Å². The number of carbonyl (C=O) groups is 3. The third kappa shape index (κ3) is 1.95. The summed E-state index contributed by atoms with van der Waals surface area (Å²) in [5.41, 5.74) is 0. The SMILES string of the molecule is CC(=O)OC1COC(=O)N1C(C)=O. The van der Waals surface area contributed by atoms with Crippen molar-refractivity contribution in [2.45, 2.75) is 20.1 Å². The van der Waals surface area contributed by atoms with E-state index in [-0.39, 0.29) is 6.61 Å². The standard InChI is InChI=1S/C7H9NO5/c1-4(9)8-6(13-5(2)10)3-12-7(8)11/h6H,3H2,1-2H3. The molecule has 6 nitrogen and oxygen atoms in total. The Morgan fingerprint density at radius 3 is 2.62 bits per heavy atom. The molecular weight excluding hydrogens is 178 g/mol. The van der Waals surface area contributed by atoms with Crippen LogP contribution in [0.3, 0.4) is 0 Å². The van der Waals surface area contributed by atoms with Crippen LogP contribution in [0.25, 0.3) is 0 Å². The predicted molar refractivity (Wildman–Crippen MR) is 39.4 cm³/mol. The van der Waals surface area contributed by atoms with Crippen molar-refractivity contribution in [3.63, 3.8) is 0 Å². The molecule has 0 saturated carbocycles. The number of cyclic esters (lactones) is 1. The van der Waals surface area contributed by atoms with Crippen LogP contribution in [-0.4, -0.2) is 35.7 Å². The van der Waals surface area contributed by atoms with Gasteiger partial charge in [0.25, 0.3) is 0 Å². The average molecular weight is 187 g/mol. The molecule has 0 spiro atoms. The lowest BCUT2D eigenvalue weighted by molar-refractivity contribution is -0.155. The highest BCUT2D eigenvalue weighted by Crippen LogP contribution is 2.13. The zero-order chi connectivity index (χ0) is 10.0. The van der Waals surface area contributed by atoms with Gasteiger partial charge in [0.1, 0.15) is 6.61 Å². The van der Waals surface area contributed by atoms with E-state index in [1.165, 1.54) is 13.8 Å². The van der Waals surface area contributed by atoms with E-state index in [9.17, 15) is 14.4 Å². The van der Waals surface area contributed by atoms with Crippen molar-refractivity contribution in [1.82, 2.24) is 4.90 Å². The Morgan fingerprint density at radius 2 is 2.15 bits per heavy atom. The Kier molecular flexibility index (Phi) is 2.50.